The Hall–Kier alpha value is -3.35. The van der Waals surface area contributed by atoms with E-state index in [9.17, 15) is 19.5 Å². The Morgan fingerprint density at radius 1 is 1.03 bits per heavy atom. The van der Waals surface area contributed by atoms with Gasteiger partial charge in [-0.05, 0) is 46.9 Å². The summed E-state index contributed by atoms with van der Waals surface area (Å²) in [6, 6.07) is 14.4. The Kier molecular flexibility index (Phi) is 6.64. The quantitative estimate of drug-likeness (QED) is 0.684. The highest BCUT2D eigenvalue weighted by molar-refractivity contribution is 5.90. The summed E-state index contributed by atoms with van der Waals surface area (Å²) in [5.74, 6) is -1.48. The number of amides is 2. The second-order valence-electron chi connectivity index (χ2n) is 10.2. The topological polar surface area (TPSA) is 95.9 Å². The minimum atomic E-state index is -1.01. The lowest BCUT2D eigenvalue weighted by Crippen LogP contribution is -2.59. The van der Waals surface area contributed by atoms with Crippen LogP contribution < -0.4 is 5.32 Å². The molecule has 7 nitrogen and oxygen atoms in total. The molecular weight excluding hydrogens is 432 g/mol. The van der Waals surface area contributed by atoms with Crippen LogP contribution >= 0.6 is 0 Å². The van der Waals surface area contributed by atoms with Crippen molar-refractivity contribution in [1.29, 1.82) is 0 Å². The largest absolute Gasteiger partial charge is 0.480 e. The van der Waals surface area contributed by atoms with Crippen molar-refractivity contribution in [1.82, 2.24) is 10.2 Å². The van der Waals surface area contributed by atoms with E-state index in [0.29, 0.717) is 13.0 Å². The Morgan fingerprint density at radius 2 is 1.62 bits per heavy atom. The highest BCUT2D eigenvalue weighted by Crippen LogP contribution is 2.44. The highest BCUT2D eigenvalue weighted by atomic mass is 16.5. The third-order valence-electron chi connectivity index (χ3n) is 6.79. The molecule has 2 aromatic rings. The van der Waals surface area contributed by atoms with Crippen molar-refractivity contribution in [3.05, 3.63) is 59.7 Å². The maximum Gasteiger partial charge on any atom is 0.407 e. The number of hydrogen-bond acceptors (Lipinski definition) is 4. The third-order valence-corrected chi connectivity index (χ3v) is 6.79. The second-order valence-corrected chi connectivity index (χ2v) is 10.2. The van der Waals surface area contributed by atoms with Crippen molar-refractivity contribution in [2.75, 3.05) is 13.2 Å². The maximum absolute atomic E-state index is 13.4. The molecule has 0 aromatic heterocycles. The van der Waals surface area contributed by atoms with Gasteiger partial charge in [-0.2, -0.15) is 0 Å². The summed E-state index contributed by atoms with van der Waals surface area (Å²) in [5.41, 5.74) is 3.87. The molecular formula is C27H32N2O5. The van der Waals surface area contributed by atoms with Gasteiger partial charge in [0.1, 0.15) is 18.7 Å². The number of likely N-dealkylation sites (tertiary alicyclic amines) is 1. The van der Waals surface area contributed by atoms with E-state index in [4.69, 9.17) is 4.74 Å². The van der Waals surface area contributed by atoms with Gasteiger partial charge in [-0.15, -0.1) is 0 Å². The average molecular weight is 465 g/mol. The number of ether oxygens (including phenoxy) is 1. The van der Waals surface area contributed by atoms with E-state index in [-0.39, 0.29) is 18.4 Å². The van der Waals surface area contributed by atoms with Gasteiger partial charge >= 0.3 is 12.1 Å². The molecule has 0 bridgehead atoms. The van der Waals surface area contributed by atoms with Crippen LogP contribution in [0.2, 0.25) is 0 Å². The number of alkyl carbamates (subject to hydrolysis) is 1. The molecule has 34 heavy (non-hydrogen) atoms. The summed E-state index contributed by atoms with van der Waals surface area (Å²) in [7, 11) is 0. The predicted octanol–water partition coefficient (Wildman–Crippen LogP) is 4.41. The smallest absolute Gasteiger partial charge is 0.407 e. The number of nitrogens with zero attached hydrogens (tertiary/aromatic N) is 1. The number of nitrogens with one attached hydrogen (secondary N) is 1. The summed E-state index contributed by atoms with van der Waals surface area (Å²) >= 11 is 0. The first kappa shape index (κ1) is 23.8. The van der Waals surface area contributed by atoms with Crippen molar-refractivity contribution in [2.45, 2.75) is 58.0 Å². The summed E-state index contributed by atoms with van der Waals surface area (Å²) in [5, 5.41) is 12.3. The molecule has 1 heterocycles. The lowest BCUT2D eigenvalue weighted by molar-refractivity contribution is -0.154. The number of carbonyl (C=O) groups is 3. The molecule has 2 aliphatic rings. The zero-order valence-electron chi connectivity index (χ0n) is 19.9. The van der Waals surface area contributed by atoms with E-state index >= 15 is 0 Å². The van der Waals surface area contributed by atoms with Gasteiger partial charge in [0.2, 0.25) is 5.91 Å². The molecule has 0 saturated carbocycles. The average Bonchev–Trinajstić information content (AvgIpc) is 3.14. The lowest BCUT2D eigenvalue weighted by Gasteiger charge is -2.39. The van der Waals surface area contributed by atoms with E-state index in [1.807, 2.05) is 57.2 Å². The van der Waals surface area contributed by atoms with Gasteiger partial charge in [-0.1, -0.05) is 69.3 Å². The Bertz CT molecular complexity index is 1040. The van der Waals surface area contributed by atoms with Gasteiger partial charge < -0.3 is 20.1 Å². The zero-order valence-corrected chi connectivity index (χ0v) is 19.9. The molecule has 0 spiro atoms. The lowest BCUT2D eigenvalue weighted by atomic mass is 9.85. The van der Waals surface area contributed by atoms with Crippen LogP contribution in [0.15, 0.2) is 48.5 Å². The minimum Gasteiger partial charge on any atom is -0.480 e. The molecule has 4 rings (SSSR count). The van der Waals surface area contributed by atoms with Crippen molar-refractivity contribution in [2.24, 2.45) is 5.41 Å². The first-order valence-corrected chi connectivity index (χ1v) is 11.8. The van der Waals surface area contributed by atoms with E-state index in [2.05, 4.69) is 17.4 Å². The standard InChI is InChI=1S/C27H32N2O5/c1-27(2,3)23(24(30)29-15-9-8-14-22(29)25(31)32)28-26(33)34-16-21-19-12-6-4-10-17(19)18-11-5-7-13-20(18)21/h4-7,10-13,21-23H,8-9,14-16H2,1-3H3,(H,28,33)(H,31,32)/t22-,23-/m1/s1. The highest BCUT2D eigenvalue weighted by Gasteiger charge is 2.41. The van der Waals surface area contributed by atoms with E-state index in [1.165, 1.54) is 4.90 Å². The molecule has 2 amide bonds. The fourth-order valence-corrected chi connectivity index (χ4v) is 5.02. The van der Waals surface area contributed by atoms with Crippen LogP contribution in [-0.4, -0.2) is 53.2 Å². The molecule has 1 aliphatic heterocycles. The normalized spacial score (nSPS) is 18.6. The number of carbonyl (C=O) groups excluding carboxylic acids is 2. The first-order valence-electron chi connectivity index (χ1n) is 11.8. The number of rotatable bonds is 5. The van der Waals surface area contributed by atoms with Crippen LogP contribution in [0.3, 0.4) is 0 Å². The van der Waals surface area contributed by atoms with Crippen LogP contribution in [0.5, 0.6) is 0 Å². The predicted molar refractivity (Wildman–Crippen MR) is 128 cm³/mol. The molecule has 1 fully saturated rings. The van der Waals surface area contributed by atoms with Crippen molar-refractivity contribution < 1.29 is 24.2 Å². The van der Waals surface area contributed by atoms with Gasteiger partial charge in [0, 0.05) is 12.5 Å². The summed E-state index contributed by atoms with van der Waals surface area (Å²) in [6.07, 6.45) is 1.25. The first-order chi connectivity index (χ1) is 16.2. The van der Waals surface area contributed by atoms with Crippen molar-refractivity contribution in [3.63, 3.8) is 0 Å². The third kappa shape index (κ3) is 4.65. The van der Waals surface area contributed by atoms with Crippen LogP contribution in [0.1, 0.15) is 57.1 Å². The monoisotopic (exact) mass is 464 g/mol. The molecule has 1 saturated heterocycles. The van der Waals surface area contributed by atoms with Gasteiger partial charge in [0.15, 0.2) is 0 Å². The van der Waals surface area contributed by atoms with Gasteiger partial charge in [-0.25, -0.2) is 9.59 Å². The van der Waals surface area contributed by atoms with E-state index < -0.39 is 29.6 Å². The summed E-state index contributed by atoms with van der Waals surface area (Å²) in [6.45, 7) is 6.05. The molecule has 7 heteroatoms. The number of fused-ring (bicyclic) bond motifs is 3. The second kappa shape index (κ2) is 9.49. The number of benzene rings is 2. The number of hydrogen-bond donors (Lipinski definition) is 2. The fourth-order valence-electron chi connectivity index (χ4n) is 5.02. The molecule has 2 atom stereocenters. The maximum atomic E-state index is 13.4. The SMILES string of the molecule is CC(C)(C)[C@H](NC(=O)OCC1c2ccccc2-c2ccccc21)C(=O)N1CCCC[C@@H]1C(=O)O. The van der Waals surface area contributed by atoms with Gasteiger partial charge in [-0.3, -0.25) is 4.79 Å². The summed E-state index contributed by atoms with van der Waals surface area (Å²) in [4.78, 5) is 39.3. The zero-order chi connectivity index (χ0) is 24.5. The van der Waals surface area contributed by atoms with Crippen molar-refractivity contribution in [3.8, 4) is 11.1 Å². The minimum absolute atomic E-state index is 0.0829. The molecule has 1 aliphatic carbocycles. The Morgan fingerprint density at radius 3 is 2.18 bits per heavy atom. The van der Waals surface area contributed by atoms with Crippen LogP contribution in [0.4, 0.5) is 4.79 Å². The van der Waals surface area contributed by atoms with Crippen molar-refractivity contribution >= 4 is 18.0 Å². The van der Waals surface area contributed by atoms with E-state index in [1.54, 1.807) is 0 Å². The van der Waals surface area contributed by atoms with Gasteiger partial charge in [0.05, 0.1) is 0 Å². The number of carboxylic acids is 1. The molecule has 2 N–H and O–H groups in total. The van der Waals surface area contributed by atoms with E-state index in [0.717, 1.165) is 35.1 Å². The molecule has 2 aromatic carbocycles. The molecule has 0 unspecified atom stereocenters. The molecule has 180 valence electrons. The Labute approximate surface area is 200 Å². The summed E-state index contributed by atoms with van der Waals surface area (Å²) < 4.78 is 5.64. The fraction of sp³-hybridized carbons (Fsp3) is 0.444. The number of aliphatic carboxylic acids is 1. The number of piperidine rings is 1. The van der Waals surface area contributed by atoms with Crippen LogP contribution in [0, 0.1) is 5.41 Å². The molecule has 0 radical (unpaired) electrons. The van der Waals surface area contributed by atoms with Gasteiger partial charge in [0.25, 0.3) is 0 Å². The Balaban J connectivity index is 1.47. The van der Waals surface area contributed by atoms with Crippen LogP contribution in [0.25, 0.3) is 11.1 Å². The number of carboxylic acid groups (broad SMARTS) is 1. The van der Waals surface area contributed by atoms with Crippen LogP contribution in [-0.2, 0) is 14.3 Å².